The van der Waals surface area contributed by atoms with Gasteiger partial charge in [0.1, 0.15) is 18.3 Å². The number of rotatable bonds is 8. The standard InChI is InChI=1S/C14H23N2O9P/c1-3-4-5-23-11-10(17)9(7-24-26(20,21)22)25-13(11)16-6-8(2)12(18)15-14(16)19/h6,9-11,13,17H,3-5,7H2,1-2H3,(H,15,18,19)(H2,20,21,22). The third-order valence-corrected chi connectivity index (χ3v) is 4.43. The highest BCUT2D eigenvalue weighted by molar-refractivity contribution is 7.46. The first-order valence-electron chi connectivity index (χ1n) is 8.11. The van der Waals surface area contributed by atoms with Crippen molar-refractivity contribution < 1.29 is 33.5 Å². The SMILES string of the molecule is CCCCOC1C(O)C(COP(=O)(O)O)OC1n1cc(C)c(=O)[nH]c1=O. The molecule has 26 heavy (non-hydrogen) atoms. The monoisotopic (exact) mass is 394 g/mol. The number of aryl methyl sites for hydroxylation is 1. The second-order valence-corrected chi connectivity index (χ2v) is 7.25. The molecule has 1 saturated heterocycles. The molecular formula is C14H23N2O9P. The third-order valence-electron chi connectivity index (χ3n) is 3.95. The number of ether oxygens (including phenoxy) is 2. The van der Waals surface area contributed by atoms with Crippen molar-refractivity contribution in [3.05, 3.63) is 32.6 Å². The van der Waals surface area contributed by atoms with Crippen molar-refractivity contribution in [2.75, 3.05) is 13.2 Å². The van der Waals surface area contributed by atoms with Gasteiger partial charge in [-0.1, -0.05) is 13.3 Å². The maximum absolute atomic E-state index is 12.1. The van der Waals surface area contributed by atoms with Crippen LogP contribution < -0.4 is 11.2 Å². The second kappa shape index (κ2) is 8.57. The summed E-state index contributed by atoms with van der Waals surface area (Å²) in [5.41, 5.74) is -1.04. The van der Waals surface area contributed by atoms with Crippen molar-refractivity contribution >= 4 is 7.82 Å². The van der Waals surface area contributed by atoms with Gasteiger partial charge >= 0.3 is 13.5 Å². The predicted octanol–water partition coefficient (Wildman–Crippen LogP) is -0.602. The summed E-state index contributed by atoms with van der Waals surface area (Å²) in [7, 11) is -4.75. The summed E-state index contributed by atoms with van der Waals surface area (Å²) in [6.07, 6.45) is -1.65. The molecule has 1 aromatic rings. The van der Waals surface area contributed by atoms with Gasteiger partial charge in [0.25, 0.3) is 5.56 Å². The Morgan fingerprint density at radius 1 is 1.38 bits per heavy atom. The third kappa shape index (κ3) is 5.10. The highest BCUT2D eigenvalue weighted by Crippen LogP contribution is 2.38. The van der Waals surface area contributed by atoms with Crippen LogP contribution in [0.3, 0.4) is 0 Å². The molecule has 4 atom stereocenters. The maximum Gasteiger partial charge on any atom is 0.469 e. The zero-order valence-corrected chi connectivity index (χ0v) is 15.3. The van der Waals surface area contributed by atoms with E-state index in [4.69, 9.17) is 19.3 Å². The number of unbranched alkanes of at least 4 members (excludes halogenated alkanes) is 1. The largest absolute Gasteiger partial charge is 0.469 e. The molecule has 1 aliphatic heterocycles. The molecule has 0 bridgehead atoms. The molecule has 11 nitrogen and oxygen atoms in total. The molecule has 4 N–H and O–H groups in total. The van der Waals surface area contributed by atoms with E-state index < -0.39 is 50.2 Å². The van der Waals surface area contributed by atoms with E-state index in [-0.39, 0.29) is 5.56 Å². The number of nitrogens with one attached hydrogen (secondary N) is 1. The minimum absolute atomic E-state index is 0.255. The van der Waals surface area contributed by atoms with E-state index in [0.717, 1.165) is 11.0 Å². The van der Waals surface area contributed by atoms with E-state index in [1.54, 1.807) is 0 Å². The van der Waals surface area contributed by atoms with Crippen LogP contribution in [0, 0.1) is 6.92 Å². The van der Waals surface area contributed by atoms with Gasteiger partial charge < -0.3 is 24.4 Å². The molecule has 1 aliphatic rings. The Hall–Kier alpha value is -1.33. The molecule has 0 amide bonds. The number of aromatic amines is 1. The van der Waals surface area contributed by atoms with E-state index in [0.29, 0.717) is 13.0 Å². The van der Waals surface area contributed by atoms with Crippen molar-refractivity contribution in [3.8, 4) is 0 Å². The summed E-state index contributed by atoms with van der Waals surface area (Å²) in [5.74, 6) is 0. The quantitative estimate of drug-likeness (QED) is 0.333. The fraction of sp³-hybridized carbons (Fsp3) is 0.714. The zero-order chi connectivity index (χ0) is 19.5. The van der Waals surface area contributed by atoms with Crippen LogP contribution in [0.4, 0.5) is 0 Å². The number of aromatic nitrogens is 2. The van der Waals surface area contributed by atoms with E-state index in [1.807, 2.05) is 6.92 Å². The van der Waals surface area contributed by atoms with Crippen LogP contribution in [-0.4, -0.2) is 56.0 Å². The van der Waals surface area contributed by atoms with Crippen molar-refractivity contribution in [2.24, 2.45) is 0 Å². The Morgan fingerprint density at radius 3 is 2.69 bits per heavy atom. The first-order valence-corrected chi connectivity index (χ1v) is 9.64. The molecule has 0 aromatic carbocycles. The molecule has 0 aliphatic carbocycles. The van der Waals surface area contributed by atoms with Crippen LogP contribution in [0.2, 0.25) is 0 Å². The molecule has 148 valence electrons. The van der Waals surface area contributed by atoms with Gasteiger partial charge in [0.15, 0.2) is 6.23 Å². The number of hydrogen-bond donors (Lipinski definition) is 4. The van der Waals surface area contributed by atoms with Crippen LogP contribution >= 0.6 is 7.82 Å². The van der Waals surface area contributed by atoms with Crippen molar-refractivity contribution in [3.63, 3.8) is 0 Å². The van der Waals surface area contributed by atoms with Crippen LogP contribution in [0.25, 0.3) is 0 Å². The summed E-state index contributed by atoms with van der Waals surface area (Å²) in [5, 5.41) is 10.4. The minimum Gasteiger partial charge on any atom is -0.387 e. The van der Waals surface area contributed by atoms with Gasteiger partial charge in [0.2, 0.25) is 0 Å². The lowest BCUT2D eigenvalue weighted by molar-refractivity contribution is -0.0745. The topological polar surface area (TPSA) is 160 Å². The highest BCUT2D eigenvalue weighted by atomic mass is 31.2. The smallest absolute Gasteiger partial charge is 0.387 e. The summed E-state index contributed by atoms with van der Waals surface area (Å²) >= 11 is 0. The van der Waals surface area contributed by atoms with Crippen molar-refractivity contribution in [2.45, 2.75) is 51.2 Å². The Labute approximate surface area is 148 Å². The number of H-pyrrole nitrogens is 1. The molecule has 1 fully saturated rings. The zero-order valence-electron chi connectivity index (χ0n) is 14.4. The minimum atomic E-state index is -4.75. The summed E-state index contributed by atoms with van der Waals surface area (Å²) in [6, 6.07) is 0. The molecule has 0 radical (unpaired) electrons. The Kier molecular flexibility index (Phi) is 6.92. The summed E-state index contributed by atoms with van der Waals surface area (Å²) < 4.78 is 27.6. The van der Waals surface area contributed by atoms with Gasteiger partial charge in [0, 0.05) is 18.4 Å². The number of aliphatic hydroxyl groups excluding tert-OH is 1. The molecule has 0 spiro atoms. The fourth-order valence-corrected chi connectivity index (χ4v) is 2.91. The van der Waals surface area contributed by atoms with Gasteiger partial charge in [-0.15, -0.1) is 0 Å². The molecular weight excluding hydrogens is 371 g/mol. The van der Waals surface area contributed by atoms with Crippen LogP contribution in [0.5, 0.6) is 0 Å². The van der Waals surface area contributed by atoms with Crippen LogP contribution in [0.15, 0.2) is 15.8 Å². The molecule has 2 rings (SSSR count). The lowest BCUT2D eigenvalue weighted by Crippen LogP contribution is -2.40. The maximum atomic E-state index is 12.1. The number of phosphoric acid groups is 1. The van der Waals surface area contributed by atoms with E-state index >= 15 is 0 Å². The van der Waals surface area contributed by atoms with Gasteiger partial charge in [-0.05, 0) is 13.3 Å². The molecule has 4 unspecified atom stereocenters. The average Bonchev–Trinajstić information content (AvgIpc) is 2.85. The van der Waals surface area contributed by atoms with Gasteiger partial charge in [-0.25, -0.2) is 9.36 Å². The van der Waals surface area contributed by atoms with E-state index in [9.17, 15) is 19.3 Å². The van der Waals surface area contributed by atoms with Crippen molar-refractivity contribution in [1.82, 2.24) is 9.55 Å². The molecule has 2 heterocycles. The lowest BCUT2D eigenvalue weighted by atomic mass is 10.1. The average molecular weight is 394 g/mol. The first kappa shape index (κ1) is 21.0. The Morgan fingerprint density at radius 2 is 2.08 bits per heavy atom. The molecule has 0 saturated carbocycles. The normalized spacial score (nSPS) is 26.3. The Balaban J connectivity index is 2.28. The summed E-state index contributed by atoms with van der Waals surface area (Å²) in [6.45, 7) is 3.16. The first-order chi connectivity index (χ1) is 12.1. The van der Waals surface area contributed by atoms with Gasteiger partial charge in [0.05, 0.1) is 6.61 Å². The second-order valence-electron chi connectivity index (χ2n) is 6.01. The summed E-state index contributed by atoms with van der Waals surface area (Å²) in [4.78, 5) is 43.4. The Bertz CT molecular complexity index is 770. The van der Waals surface area contributed by atoms with Crippen LogP contribution in [0.1, 0.15) is 31.6 Å². The van der Waals surface area contributed by atoms with E-state index in [2.05, 4.69) is 9.51 Å². The lowest BCUT2D eigenvalue weighted by Gasteiger charge is -2.22. The number of nitrogens with zero attached hydrogens (tertiary/aromatic N) is 1. The predicted molar refractivity (Wildman–Crippen MR) is 88.6 cm³/mol. The number of hydrogen-bond acceptors (Lipinski definition) is 7. The number of phosphoric ester groups is 1. The van der Waals surface area contributed by atoms with Gasteiger partial charge in [-0.2, -0.15) is 0 Å². The highest BCUT2D eigenvalue weighted by Gasteiger charge is 2.46. The number of aliphatic hydroxyl groups is 1. The van der Waals surface area contributed by atoms with E-state index in [1.165, 1.54) is 13.1 Å². The van der Waals surface area contributed by atoms with Gasteiger partial charge in [-0.3, -0.25) is 18.9 Å². The molecule has 1 aromatic heterocycles. The van der Waals surface area contributed by atoms with Crippen LogP contribution in [-0.2, 0) is 18.6 Å². The molecule has 12 heteroatoms. The fourth-order valence-electron chi connectivity index (χ4n) is 2.57. The van der Waals surface area contributed by atoms with Crippen molar-refractivity contribution in [1.29, 1.82) is 0 Å².